The number of benzene rings is 1. The van der Waals surface area contributed by atoms with Crippen molar-refractivity contribution in [3.8, 4) is 0 Å². The first-order chi connectivity index (χ1) is 12.7. The first-order valence-electron chi connectivity index (χ1n) is 10.1. The molecule has 0 bridgehead atoms. The molecule has 0 aliphatic heterocycles. The molecule has 1 atom stereocenters. The fourth-order valence-electron chi connectivity index (χ4n) is 3.14. The Bertz CT molecular complexity index is 772. The standard InChI is InChI=1S/C21H23N.C4H10/c1-3-4-5-8-17-12-11-16(2)15-20(17)21-19-10-7-6-9-18(19)13-14-22-21;1-3-4-2/h4-7,9-11,13-15,17H,3,8,12H2,1-2H3;3-4H2,1-2H3. The maximum Gasteiger partial charge on any atom is 0.0743 e. The number of fused-ring (bicyclic) bond motifs is 1. The maximum absolute atomic E-state index is 4.72. The molecule has 1 aliphatic rings. The summed E-state index contributed by atoms with van der Waals surface area (Å²) in [7, 11) is 0. The van der Waals surface area contributed by atoms with Gasteiger partial charge in [-0.25, -0.2) is 0 Å². The number of rotatable bonds is 5. The Morgan fingerprint density at radius 3 is 2.54 bits per heavy atom. The molecule has 0 saturated carbocycles. The molecule has 0 fully saturated rings. The van der Waals surface area contributed by atoms with Crippen LogP contribution in [-0.4, -0.2) is 4.98 Å². The summed E-state index contributed by atoms with van der Waals surface area (Å²) in [5, 5.41) is 2.53. The molecular weight excluding hydrogens is 314 g/mol. The molecule has 0 N–H and O–H groups in total. The van der Waals surface area contributed by atoms with Crippen molar-refractivity contribution in [1.29, 1.82) is 0 Å². The van der Waals surface area contributed by atoms with Crippen LogP contribution in [0.5, 0.6) is 0 Å². The lowest BCUT2D eigenvalue weighted by atomic mass is 9.83. The zero-order valence-corrected chi connectivity index (χ0v) is 16.8. The number of unbranched alkanes of at least 4 members (excludes halogenated alkanes) is 1. The van der Waals surface area contributed by atoms with E-state index in [2.05, 4.69) is 82.3 Å². The minimum atomic E-state index is 0.532. The summed E-state index contributed by atoms with van der Waals surface area (Å²) in [6, 6.07) is 10.6. The van der Waals surface area contributed by atoms with Gasteiger partial charge in [-0.3, -0.25) is 4.98 Å². The number of nitrogens with zero attached hydrogens (tertiary/aromatic N) is 1. The van der Waals surface area contributed by atoms with Gasteiger partial charge in [-0.2, -0.15) is 0 Å². The van der Waals surface area contributed by atoms with Gasteiger partial charge >= 0.3 is 0 Å². The van der Waals surface area contributed by atoms with Crippen LogP contribution in [-0.2, 0) is 0 Å². The Labute approximate surface area is 159 Å². The van der Waals surface area contributed by atoms with Crippen LogP contribution >= 0.6 is 0 Å². The van der Waals surface area contributed by atoms with E-state index < -0.39 is 0 Å². The van der Waals surface area contributed by atoms with E-state index in [0.29, 0.717) is 5.92 Å². The Kier molecular flexibility index (Phi) is 8.34. The van der Waals surface area contributed by atoms with E-state index in [9.17, 15) is 0 Å². The zero-order valence-electron chi connectivity index (χ0n) is 16.8. The van der Waals surface area contributed by atoms with Crippen molar-refractivity contribution in [2.75, 3.05) is 0 Å². The van der Waals surface area contributed by atoms with E-state index in [0.717, 1.165) is 25.0 Å². The molecule has 1 heteroatoms. The van der Waals surface area contributed by atoms with Crippen molar-refractivity contribution in [1.82, 2.24) is 4.98 Å². The van der Waals surface area contributed by atoms with E-state index in [1.54, 1.807) is 0 Å². The van der Waals surface area contributed by atoms with Crippen LogP contribution in [0.4, 0.5) is 0 Å². The van der Waals surface area contributed by atoms with Crippen molar-refractivity contribution in [3.05, 3.63) is 72.1 Å². The van der Waals surface area contributed by atoms with E-state index in [-0.39, 0.29) is 0 Å². The van der Waals surface area contributed by atoms with Crippen molar-refractivity contribution in [2.45, 2.75) is 59.8 Å². The molecule has 1 nitrogen and oxygen atoms in total. The van der Waals surface area contributed by atoms with Gasteiger partial charge in [0.2, 0.25) is 0 Å². The number of hydrogen-bond donors (Lipinski definition) is 0. The molecule has 0 amide bonds. The lowest BCUT2D eigenvalue weighted by molar-refractivity contribution is 0.682. The van der Waals surface area contributed by atoms with Crippen LogP contribution in [0.25, 0.3) is 16.3 Å². The predicted octanol–water partition coefficient (Wildman–Crippen LogP) is 7.75. The van der Waals surface area contributed by atoms with Crippen LogP contribution in [0.1, 0.15) is 65.5 Å². The van der Waals surface area contributed by atoms with Crippen LogP contribution in [0.15, 0.2) is 66.4 Å². The fourth-order valence-corrected chi connectivity index (χ4v) is 3.14. The molecule has 0 spiro atoms. The van der Waals surface area contributed by atoms with E-state index in [4.69, 9.17) is 4.98 Å². The van der Waals surface area contributed by atoms with Crippen LogP contribution < -0.4 is 0 Å². The van der Waals surface area contributed by atoms with Crippen LogP contribution in [0.3, 0.4) is 0 Å². The van der Waals surface area contributed by atoms with Gasteiger partial charge in [-0.05, 0) is 49.1 Å². The quantitative estimate of drug-likeness (QED) is 0.504. The number of hydrogen-bond acceptors (Lipinski definition) is 1. The second-order valence-corrected chi connectivity index (χ2v) is 6.98. The highest BCUT2D eigenvalue weighted by Crippen LogP contribution is 2.36. The Morgan fingerprint density at radius 1 is 1.04 bits per heavy atom. The van der Waals surface area contributed by atoms with Crippen molar-refractivity contribution in [2.24, 2.45) is 5.92 Å². The monoisotopic (exact) mass is 347 g/mol. The van der Waals surface area contributed by atoms with Crippen molar-refractivity contribution >= 4 is 16.3 Å². The summed E-state index contributed by atoms with van der Waals surface area (Å²) in [5.74, 6) is 0.532. The molecule has 1 aromatic heterocycles. The molecule has 2 aromatic rings. The number of allylic oxidation sites excluding steroid dienone is 6. The summed E-state index contributed by atoms with van der Waals surface area (Å²) < 4.78 is 0. The fraction of sp³-hybridized carbons (Fsp3) is 0.400. The summed E-state index contributed by atoms with van der Waals surface area (Å²) >= 11 is 0. The third kappa shape index (κ3) is 5.42. The molecule has 1 aromatic carbocycles. The number of aromatic nitrogens is 1. The van der Waals surface area contributed by atoms with Gasteiger partial charge in [0.1, 0.15) is 0 Å². The second kappa shape index (κ2) is 10.8. The highest BCUT2D eigenvalue weighted by molar-refractivity contribution is 5.93. The first-order valence-corrected chi connectivity index (χ1v) is 10.1. The van der Waals surface area contributed by atoms with Crippen LogP contribution in [0, 0.1) is 5.92 Å². The minimum absolute atomic E-state index is 0.532. The minimum Gasteiger partial charge on any atom is -0.256 e. The third-order valence-corrected chi connectivity index (χ3v) is 4.82. The Hall–Kier alpha value is -2.15. The van der Waals surface area contributed by atoms with Gasteiger partial charge in [0.05, 0.1) is 5.69 Å². The molecule has 1 unspecified atom stereocenters. The SMILES string of the molecule is CCC=CCC1CC=C(C)C=C1c1nccc2ccccc12.CCCC. The molecule has 1 heterocycles. The van der Waals surface area contributed by atoms with Crippen molar-refractivity contribution in [3.63, 3.8) is 0 Å². The molecule has 1 aliphatic carbocycles. The topological polar surface area (TPSA) is 12.9 Å². The van der Waals surface area contributed by atoms with Gasteiger partial charge in [0.25, 0.3) is 0 Å². The van der Waals surface area contributed by atoms with Gasteiger partial charge in [-0.1, -0.05) is 87.8 Å². The highest BCUT2D eigenvalue weighted by Gasteiger charge is 2.20. The van der Waals surface area contributed by atoms with Gasteiger partial charge in [0, 0.05) is 11.6 Å². The summed E-state index contributed by atoms with van der Waals surface area (Å²) in [6.07, 6.45) is 17.1. The maximum atomic E-state index is 4.72. The molecule has 3 rings (SSSR count). The zero-order chi connectivity index (χ0) is 18.8. The predicted molar refractivity (Wildman–Crippen MR) is 116 cm³/mol. The second-order valence-electron chi connectivity index (χ2n) is 6.98. The van der Waals surface area contributed by atoms with Crippen LogP contribution in [0.2, 0.25) is 0 Å². The largest absolute Gasteiger partial charge is 0.256 e. The normalized spacial score (nSPS) is 16.8. The Morgan fingerprint density at radius 2 is 1.81 bits per heavy atom. The van der Waals surface area contributed by atoms with Gasteiger partial charge < -0.3 is 0 Å². The Balaban J connectivity index is 0.000000552. The highest BCUT2D eigenvalue weighted by atomic mass is 14.7. The average Bonchev–Trinajstić information content (AvgIpc) is 2.69. The smallest absolute Gasteiger partial charge is 0.0743 e. The summed E-state index contributed by atoms with van der Waals surface area (Å²) in [4.78, 5) is 4.72. The molecule has 0 saturated heterocycles. The van der Waals surface area contributed by atoms with E-state index in [1.807, 2.05) is 6.20 Å². The average molecular weight is 348 g/mol. The van der Waals surface area contributed by atoms with Crippen molar-refractivity contribution < 1.29 is 0 Å². The molecular formula is C25H33N. The summed E-state index contributed by atoms with van der Waals surface area (Å²) in [5.41, 5.74) is 3.89. The molecule has 0 radical (unpaired) electrons. The van der Waals surface area contributed by atoms with Gasteiger partial charge in [0.15, 0.2) is 0 Å². The molecule has 138 valence electrons. The first kappa shape index (κ1) is 20.2. The lowest BCUT2D eigenvalue weighted by Gasteiger charge is -2.23. The van der Waals surface area contributed by atoms with E-state index in [1.165, 1.54) is 34.8 Å². The van der Waals surface area contributed by atoms with E-state index >= 15 is 0 Å². The van der Waals surface area contributed by atoms with Gasteiger partial charge in [-0.15, -0.1) is 0 Å². The number of pyridine rings is 1. The lowest BCUT2D eigenvalue weighted by Crippen LogP contribution is -2.08. The molecule has 26 heavy (non-hydrogen) atoms. The summed E-state index contributed by atoms with van der Waals surface area (Å²) in [6.45, 7) is 8.73. The third-order valence-electron chi connectivity index (χ3n) is 4.82.